The van der Waals surface area contributed by atoms with Gasteiger partial charge in [-0.1, -0.05) is 6.92 Å². The SMILES string of the molecule is CC1CC2OCCOC2CC1=O. The summed E-state index contributed by atoms with van der Waals surface area (Å²) in [6.45, 7) is 3.29. The lowest BCUT2D eigenvalue weighted by atomic mass is 9.85. The molecule has 0 aromatic carbocycles. The zero-order chi connectivity index (χ0) is 8.55. The fourth-order valence-corrected chi connectivity index (χ4v) is 1.90. The van der Waals surface area contributed by atoms with E-state index in [0.717, 1.165) is 6.42 Å². The van der Waals surface area contributed by atoms with Crippen molar-refractivity contribution >= 4 is 5.78 Å². The summed E-state index contributed by atoms with van der Waals surface area (Å²) < 4.78 is 11.0. The number of rotatable bonds is 0. The van der Waals surface area contributed by atoms with Crippen LogP contribution in [-0.4, -0.2) is 31.2 Å². The van der Waals surface area contributed by atoms with Crippen molar-refractivity contribution in [2.45, 2.75) is 32.0 Å². The molecule has 0 N–H and O–H groups in total. The first kappa shape index (κ1) is 8.20. The molecule has 3 unspecified atom stereocenters. The van der Waals surface area contributed by atoms with Gasteiger partial charge < -0.3 is 9.47 Å². The quantitative estimate of drug-likeness (QED) is 0.538. The van der Waals surface area contributed by atoms with E-state index in [4.69, 9.17) is 9.47 Å². The van der Waals surface area contributed by atoms with E-state index in [1.54, 1.807) is 0 Å². The van der Waals surface area contributed by atoms with E-state index in [2.05, 4.69) is 0 Å². The van der Waals surface area contributed by atoms with Crippen molar-refractivity contribution in [3.8, 4) is 0 Å². The number of fused-ring (bicyclic) bond motifs is 1. The van der Waals surface area contributed by atoms with Gasteiger partial charge in [-0.25, -0.2) is 0 Å². The maximum atomic E-state index is 11.3. The van der Waals surface area contributed by atoms with E-state index in [1.807, 2.05) is 6.92 Å². The molecule has 2 rings (SSSR count). The minimum absolute atomic E-state index is 0.0439. The van der Waals surface area contributed by atoms with Gasteiger partial charge in [-0.2, -0.15) is 0 Å². The van der Waals surface area contributed by atoms with Crippen LogP contribution in [-0.2, 0) is 14.3 Å². The fourth-order valence-electron chi connectivity index (χ4n) is 1.90. The van der Waals surface area contributed by atoms with Gasteiger partial charge in [0.05, 0.1) is 25.4 Å². The summed E-state index contributed by atoms with van der Waals surface area (Å²) in [4.78, 5) is 11.3. The summed E-state index contributed by atoms with van der Waals surface area (Å²) in [5.41, 5.74) is 0. The van der Waals surface area contributed by atoms with Gasteiger partial charge in [0.15, 0.2) is 0 Å². The normalized spacial score (nSPS) is 42.4. The van der Waals surface area contributed by atoms with Crippen molar-refractivity contribution in [1.82, 2.24) is 0 Å². The minimum atomic E-state index is 0.0439. The second kappa shape index (κ2) is 3.15. The van der Waals surface area contributed by atoms with E-state index in [1.165, 1.54) is 0 Å². The zero-order valence-electron chi connectivity index (χ0n) is 7.29. The molecule has 3 nitrogen and oxygen atoms in total. The highest BCUT2D eigenvalue weighted by Gasteiger charge is 2.36. The molecule has 3 heteroatoms. The average molecular weight is 170 g/mol. The molecule has 2 aliphatic rings. The van der Waals surface area contributed by atoms with E-state index in [0.29, 0.717) is 25.4 Å². The predicted octanol–water partition coefficient (Wildman–Crippen LogP) is 0.769. The third-order valence-corrected chi connectivity index (χ3v) is 2.70. The highest BCUT2D eigenvalue weighted by molar-refractivity contribution is 5.82. The van der Waals surface area contributed by atoms with Crippen LogP contribution in [0.3, 0.4) is 0 Å². The molecule has 0 bridgehead atoms. The predicted molar refractivity (Wildman–Crippen MR) is 42.9 cm³/mol. The van der Waals surface area contributed by atoms with Gasteiger partial charge >= 0.3 is 0 Å². The lowest BCUT2D eigenvalue weighted by molar-refractivity contribution is -0.169. The first-order valence-electron chi connectivity index (χ1n) is 4.53. The Balaban J connectivity index is 2.02. The second-order valence-corrected chi connectivity index (χ2v) is 3.63. The zero-order valence-corrected chi connectivity index (χ0v) is 7.29. The molecule has 1 aliphatic heterocycles. The lowest BCUT2D eigenvalue weighted by Gasteiger charge is -2.36. The number of Topliss-reactive ketones (excluding diaryl/α,β-unsaturated/α-hetero) is 1. The van der Waals surface area contributed by atoms with Crippen LogP contribution in [0.25, 0.3) is 0 Å². The molecule has 12 heavy (non-hydrogen) atoms. The molecule has 0 radical (unpaired) electrons. The Morgan fingerprint density at radius 1 is 1.25 bits per heavy atom. The molecule has 1 saturated carbocycles. The van der Waals surface area contributed by atoms with Crippen molar-refractivity contribution < 1.29 is 14.3 Å². The Bertz CT molecular complexity index is 190. The van der Waals surface area contributed by atoms with Crippen LogP contribution < -0.4 is 0 Å². The molecule has 2 fully saturated rings. The van der Waals surface area contributed by atoms with Crippen LogP contribution in [0.2, 0.25) is 0 Å². The van der Waals surface area contributed by atoms with Crippen LogP contribution in [0.4, 0.5) is 0 Å². The third-order valence-electron chi connectivity index (χ3n) is 2.70. The molecule has 0 aromatic heterocycles. The van der Waals surface area contributed by atoms with Gasteiger partial charge in [-0.3, -0.25) is 4.79 Å². The molecule has 1 heterocycles. The Morgan fingerprint density at radius 2 is 1.92 bits per heavy atom. The van der Waals surface area contributed by atoms with Crippen molar-refractivity contribution in [3.63, 3.8) is 0 Å². The van der Waals surface area contributed by atoms with Gasteiger partial charge in [0.2, 0.25) is 0 Å². The van der Waals surface area contributed by atoms with Gasteiger partial charge in [-0.15, -0.1) is 0 Å². The number of carbonyl (C=O) groups is 1. The van der Waals surface area contributed by atoms with E-state index < -0.39 is 0 Å². The maximum Gasteiger partial charge on any atom is 0.138 e. The summed E-state index contributed by atoms with van der Waals surface area (Å²) >= 11 is 0. The molecule has 3 atom stereocenters. The summed E-state index contributed by atoms with van der Waals surface area (Å²) in [5.74, 6) is 0.481. The van der Waals surface area contributed by atoms with E-state index in [-0.39, 0.29) is 18.1 Å². The smallest absolute Gasteiger partial charge is 0.138 e. The number of carbonyl (C=O) groups excluding carboxylic acids is 1. The largest absolute Gasteiger partial charge is 0.373 e. The second-order valence-electron chi connectivity index (χ2n) is 3.63. The van der Waals surface area contributed by atoms with E-state index >= 15 is 0 Å². The molecule has 0 amide bonds. The summed E-state index contributed by atoms with van der Waals surface area (Å²) in [5, 5.41) is 0. The maximum absolute atomic E-state index is 11.3. The van der Waals surface area contributed by atoms with Gasteiger partial charge in [0.25, 0.3) is 0 Å². The number of hydrogen-bond acceptors (Lipinski definition) is 3. The van der Waals surface area contributed by atoms with Crippen molar-refractivity contribution in [2.75, 3.05) is 13.2 Å². The number of hydrogen-bond donors (Lipinski definition) is 0. The van der Waals surface area contributed by atoms with Crippen LogP contribution in [0, 0.1) is 5.92 Å². The average Bonchev–Trinajstić information content (AvgIpc) is 2.07. The van der Waals surface area contributed by atoms with Crippen LogP contribution >= 0.6 is 0 Å². The highest BCUT2D eigenvalue weighted by Crippen LogP contribution is 2.27. The summed E-state index contributed by atoms with van der Waals surface area (Å²) in [7, 11) is 0. The number of ketones is 1. The molecule has 68 valence electrons. The van der Waals surface area contributed by atoms with Gasteiger partial charge in [0, 0.05) is 12.3 Å². The van der Waals surface area contributed by atoms with Gasteiger partial charge in [0.1, 0.15) is 5.78 Å². The van der Waals surface area contributed by atoms with Crippen LogP contribution in [0.15, 0.2) is 0 Å². The first-order valence-corrected chi connectivity index (χ1v) is 4.53. The molecule has 0 aromatic rings. The van der Waals surface area contributed by atoms with Crippen LogP contribution in [0.5, 0.6) is 0 Å². The summed E-state index contributed by atoms with van der Waals surface area (Å²) in [6, 6.07) is 0. The number of ether oxygens (including phenoxy) is 2. The molecular weight excluding hydrogens is 156 g/mol. The Morgan fingerprint density at radius 3 is 2.67 bits per heavy atom. The molecule has 0 spiro atoms. The van der Waals surface area contributed by atoms with E-state index in [9.17, 15) is 4.79 Å². The van der Waals surface area contributed by atoms with Crippen LogP contribution in [0.1, 0.15) is 19.8 Å². The van der Waals surface area contributed by atoms with Crippen molar-refractivity contribution in [3.05, 3.63) is 0 Å². The molecular formula is C9H14O3. The minimum Gasteiger partial charge on any atom is -0.373 e. The molecule has 1 aliphatic carbocycles. The highest BCUT2D eigenvalue weighted by atomic mass is 16.6. The lowest BCUT2D eigenvalue weighted by Crippen LogP contribution is -2.45. The topological polar surface area (TPSA) is 35.5 Å². The van der Waals surface area contributed by atoms with Crippen molar-refractivity contribution in [2.24, 2.45) is 5.92 Å². The Kier molecular flexibility index (Phi) is 2.15. The fraction of sp³-hybridized carbons (Fsp3) is 0.889. The standard InChI is InChI=1S/C9H14O3/c1-6-4-8-9(5-7(6)10)12-3-2-11-8/h6,8-9H,2-5H2,1H3. The summed E-state index contributed by atoms with van der Waals surface area (Å²) in [6.07, 6.45) is 1.60. The Labute approximate surface area is 72.0 Å². The molecule has 1 saturated heterocycles. The Hall–Kier alpha value is -0.410. The van der Waals surface area contributed by atoms with Gasteiger partial charge in [-0.05, 0) is 6.42 Å². The first-order chi connectivity index (χ1) is 5.77. The van der Waals surface area contributed by atoms with Crippen molar-refractivity contribution in [1.29, 1.82) is 0 Å². The third kappa shape index (κ3) is 1.39. The monoisotopic (exact) mass is 170 g/mol.